The molecule has 1 saturated heterocycles. The summed E-state index contributed by atoms with van der Waals surface area (Å²) < 4.78 is 5.09. The van der Waals surface area contributed by atoms with Gasteiger partial charge in [-0.2, -0.15) is 0 Å². The van der Waals surface area contributed by atoms with E-state index in [1.165, 1.54) is 23.4 Å². The van der Waals surface area contributed by atoms with Crippen LogP contribution in [-0.4, -0.2) is 44.8 Å². The van der Waals surface area contributed by atoms with Crippen molar-refractivity contribution in [2.75, 3.05) is 6.54 Å². The van der Waals surface area contributed by atoms with Gasteiger partial charge < -0.3 is 20.3 Å². The lowest BCUT2D eigenvalue weighted by molar-refractivity contribution is -0.123. The van der Waals surface area contributed by atoms with Crippen molar-refractivity contribution < 1.29 is 19.2 Å². The number of aromatic nitrogens is 1. The van der Waals surface area contributed by atoms with Crippen LogP contribution in [0.4, 0.5) is 4.79 Å². The second-order valence-corrected chi connectivity index (χ2v) is 6.40. The van der Waals surface area contributed by atoms with Gasteiger partial charge in [0.2, 0.25) is 0 Å². The zero-order valence-electron chi connectivity index (χ0n) is 15.6. The van der Waals surface area contributed by atoms with Crippen LogP contribution in [0.25, 0.3) is 0 Å². The third-order valence-corrected chi connectivity index (χ3v) is 4.40. The fourth-order valence-electron chi connectivity index (χ4n) is 2.94. The minimum Gasteiger partial charge on any atom is -0.508 e. The average Bonchev–Trinajstić information content (AvgIpc) is 3.12. The Morgan fingerprint density at radius 3 is 2.82 bits per heavy atom. The molecule has 0 aliphatic carbocycles. The number of benzene rings is 1. The summed E-state index contributed by atoms with van der Waals surface area (Å²) in [6.45, 7) is 4.01. The monoisotopic (exact) mass is 383 g/mol. The Labute approximate surface area is 161 Å². The first-order chi connectivity index (χ1) is 13.4. The molecule has 1 aromatic carbocycles. The quantitative estimate of drug-likeness (QED) is 0.579. The smallest absolute Gasteiger partial charge is 0.332 e. The standard InChI is InChI=1S/C19H21N5O4/c1-12-17(13(2)28-22-12)9-21-8-15(7-20)24-18(26)11-23(19(24)27)10-14-4-3-5-16(25)6-14/h3-8,25H,9-11,20H2,1-2H3. The number of hydrogen-bond donors (Lipinski definition) is 2. The first-order valence-corrected chi connectivity index (χ1v) is 8.64. The van der Waals surface area contributed by atoms with Crippen molar-refractivity contribution in [2.45, 2.75) is 26.9 Å². The Morgan fingerprint density at radius 2 is 2.18 bits per heavy atom. The molecule has 3 N–H and O–H groups in total. The van der Waals surface area contributed by atoms with E-state index in [2.05, 4.69) is 10.1 Å². The number of allylic oxidation sites excluding steroid dienone is 1. The van der Waals surface area contributed by atoms with Crippen LogP contribution in [0.1, 0.15) is 22.6 Å². The first kappa shape index (κ1) is 19.2. The molecule has 1 fully saturated rings. The van der Waals surface area contributed by atoms with Gasteiger partial charge >= 0.3 is 6.03 Å². The second-order valence-electron chi connectivity index (χ2n) is 6.40. The van der Waals surface area contributed by atoms with E-state index < -0.39 is 11.9 Å². The summed E-state index contributed by atoms with van der Waals surface area (Å²) in [5.41, 5.74) is 8.12. The Balaban J connectivity index is 1.71. The lowest BCUT2D eigenvalue weighted by Gasteiger charge is -2.17. The number of nitrogens with two attached hydrogens (primary N) is 1. The summed E-state index contributed by atoms with van der Waals surface area (Å²) in [6, 6.07) is 6.04. The largest absolute Gasteiger partial charge is 0.508 e. The maximum Gasteiger partial charge on any atom is 0.332 e. The number of phenolic OH excluding ortho intramolecular Hbond substituents is 1. The van der Waals surface area contributed by atoms with Gasteiger partial charge in [-0.3, -0.25) is 9.79 Å². The summed E-state index contributed by atoms with van der Waals surface area (Å²) in [5.74, 6) is 0.366. The van der Waals surface area contributed by atoms with E-state index in [-0.39, 0.29) is 24.5 Å². The highest BCUT2D eigenvalue weighted by molar-refractivity contribution is 6.07. The summed E-state index contributed by atoms with van der Waals surface area (Å²) >= 11 is 0. The summed E-state index contributed by atoms with van der Waals surface area (Å²) in [5, 5.41) is 13.4. The predicted octanol–water partition coefficient (Wildman–Crippen LogP) is 1.83. The van der Waals surface area contributed by atoms with Crippen molar-refractivity contribution in [3.05, 3.63) is 58.7 Å². The van der Waals surface area contributed by atoms with Gasteiger partial charge in [-0.25, -0.2) is 9.69 Å². The minimum atomic E-state index is -0.492. The molecule has 146 valence electrons. The summed E-state index contributed by atoms with van der Waals surface area (Å²) in [4.78, 5) is 31.7. The molecule has 2 heterocycles. The van der Waals surface area contributed by atoms with Gasteiger partial charge in [0.25, 0.3) is 5.91 Å². The van der Waals surface area contributed by atoms with Crippen LogP contribution in [0.15, 0.2) is 45.7 Å². The number of carbonyl (C=O) groups excluding carboxylic acids is 2. The van der Waals surface area contributed by atoms with E-state index >= 15 is 0 Å². The molecule has 9 heteroatoms. The van der Waals surface area contributed by atoms with Gasteiger partial charge in [-0.05, 0) is 31.5 Å². The van der Waals surface area contributed by atoms with Crippen LogP contribution in [0.5, 0.6) is 5.75 Å². The highest BCUT2D eigenvalue weighted by Crippen LogP contribution is 2.20. The number of rotatable bonds is 6. The molecular weight excluding hydrogens is 362 g/mol. The Morgan fingerprint density at radius 1 is 1.39 bits per heavy atom. The van der Waals surface area contributed by atoms with E-state index in [0.29, 0.717) is 17.9 Å². The Bertz CT molecular complexity index is 943. The number of phenols is 1. The van der Waals surface area contributed by atoms with Crippen LogP contribution < -0.4 is 5.73 Å². The van der Waals surface area contributed by atoms with Crippen molar-refractivity contribution in [1.82, 2.24) is 15.0 Å². The Hall–Kier alpha value is -3.62. The van der Waals surface area contributed by atoms with Gasteiger partial charge in [0, 0.05) is 24.5 Å². The highest BCUT2D eigenvalue weighted by Gasteiger charge is 2.37. The molecular formula is C19H21N5O4. The van der Waals surface area contributed by atoms with Crippen LogP contribution in [-0.2, 0) is 17.9 Å². The van der Waals surface area contributed by atoms with Crippen molar-refractivity contribution in [3.63, 3.8) is 0 Å². The molecule has 0 radical (unpaired) electrons. The molecule has 1 aliphatic heterocycles. The fourth-order valence-corrected chi connectivity index (χ4v) is 2.94. The SMILES string of the molecule is Cc1noc(C)c1CN=CC(=CN)N1C(=O)CN(Cc2cccc(O)c2)C1=O. The number of urea groups is 1. The molecule has 0 unspecified atom stereocenters. The van der Waals surface area contributed by atoms with Gasteiger partial charge in [0.15, 0.2) is 0 Å². The van der Waals surface area contributed by atoms with Crippen LogP contribution in [0, 0.1) is 13.8 Å². The number of hydrogen-bond acceptors (Lipinski definition) is 7. The summed E-state index contributed by atoms with van der Waals surface area (Å²) in [6.07, 6.45) is 2.56. The number of nitrogens with zero attached hydrogens (tertiary/aromatic N) is 4. The second kappa shape index (κ2) is 7.95. The third kappa shape index (κ3) is 3.88. The van der Waals surface area contributed by atoms with Crippen LogP contribution >= 0.6 is 0 Å². The molecule has 3 rings (SSSR count). The molecule has 2 aromatic rings. The van der Waals surface area contributed by atoms with Crippen LogP contribution in [0.2, 0.25) is 0 Å². The number of amides is 3. The summed E-state index contributed by atoms with van der Waals surface area (Å²) in [7, 11) is 0. The third-order valence-electron chi connectivity index (χ3n) is 4.40. The lowest BCUT2D eigenvalue weighted by atomic mass is 10.2. The number of aliphatic imine (C=N–C) groups is 1. The normalized spacial score (nSPS) is 15.3. The zero-order valence-corrected chi connectivity index (χ0v) is 15.6. The molecule has 3 amide bonds. The number of imide groups is 1. The van der Waals surface area contributed by atoms with Gasteiger partial charge in [-0.15, -0.1) is 0 Å². The zero-order chi connectivity index (χ0) is 20.3. The maximum absolute atomic E-state index is 12.7. The van der Waals surface area contributed by atoms with Crippen LogP contribution in [0.3, 0.4) is 0 Å². The molecule has 1 aromatic heterocycles. The molecule has 0 bridgehead atoms. The fraction of sp³-hybridized carbons (Fsp3) is 0.263. The minimum absolute atomic E-state index is 0.0798. The number of aryl methyl sites for hydroxylation is 2. The lowest BCUT2D eigenvalue weighted by Crippen LogP contribution is -2.33. The van der Waals surface area contributed by atoms with Crippen molar-refractivity contribution in [1.29, 1.82) is 0 Å². The maximum atomic E-state index is 12.7. The molecule has 1 aliphatic rings. The van der Waals surface area contributed by atoms with Gasteiger partial charge in [0.05, 0.1) is 17.9 Å². The van der Waals surface area contributed by atoms with E-state index in [1.54, 1.807) is 25.1 Å². The van der Waals surface area contributed by atoms with Crippen molar-refractivity contribution in [3.8, 4) is 5.75 Å². The van der Waals surface area contributed by atoms with E-state index in [0.717, 1.165) is 16.2 Å². The molecule has 9 nitrogen and oxygen atoms in total. The average molecular weight is 383 g/mol. The molecule has 28 heavy (non-hydrogen) atoms. The molecule has 0 spiro atoms. The number of aromatic hydroxyl groups is 1. The van der Waals surface area contributed by atoms with Gasteiger partial charge in [0.1, 0.15) is 18.1 Å². The Kier molecular flexibility index (Phi) is 5.44. The highest BCUT2D eigenvalue weighted by atomic mass is 16.5. The first-order valence-electron chi connectivity index (χ1n) is 8.64. The van der Waals surface area contributed by atoms with E-state index in [9.17, 15) is 14.7 Å². The van der Waals surface area contributed by atoms with Crippen molar-refractivity contribution >= 4 is 18.2 Å². The predicted molar refractivity (Wildman–Crippen MR) is 101 cm³/mol. The van der Waals surface area contributed by atoms with E-state index in [4.69, 9.17) is 10.3 Å². The van der Waals surface area contributed by atoms with E-state index in [1.807, 2.05) is 6.92 Å². The molecule has 0 saturated carbocycles. The molecule has 0 atom stereocenters. The van der Waals surface area contributed by atoms with Crippen molar-refractivity contribution in [2.24, 2.45) is 10.7 Å². The number of carbonyl (C=O) groups is 2. The van der Waals surface area contributed by atoms with Gasteiger partial charge in [-0.1, -0.05) is 17.3 Å². The topological polar surface area (TPSA) is 125 Å².